The van der Waals surface area contributed by atoms with Gasteiger partial charge in [-0.15, -0.1) is 0 Å². The molecular weight excluding hydrogens is 791 g/mol. The second-order valence-electron chi connectivity index (χ2n) is 17.5. The third-order valence-corrected chi connectivity index (χ3v) is 13.3. The van der Waals surface area contributed by atoms with Gasteiger partial charge in [0.25, 0.3) is 0 Å². The van der Waals surface area contributed by atoms with Crippen molar-refractivity contribution in [2.45, 2.75) is 101 Å². The molecule has 4 aromatic carbocycles. The zero-order valence-electron chi connectivity index (χ0n) is 35.9. The van der Waals surface area contributed by atoms with E-state index in [0.717, 1.165) is 88.7 Å². The molecule has 4 aliphatic rings. The van der Waals surface area contributed by atoms with Crippen molar-refractivity contribution in [3.63, 3.8) is 0 Å². The van der Waals surface area contributed by atoms with Gasteiger partial charge in [-0.1, -0.05) is 73.5 Å². The first kappa shape index (κ1) is 42.2. The number of carbonyl (C=O) groups is 4. The van der Waals surface area contributed by atoms with E-state index in [-0.39, 0.29) is 35.7 Å². The predicted molar refractivity (Wildman–Crippen MR) is 243 cm³/mol. The van der Waals surface area contributed by atoms with Crippen LogP contribution in [0.15, 0.2) is 120 Å². The fourth-order valence-corrected chi connectivity index (χ4v) is 9.95. The molecule has 0 bridgehead atoms. The fourth-order valence-electron chi connectivity index (χ4n) is 9.95. The Morgan fingerprint density at radius 3 is 1.43 bits per heavy atom. The Morgan fingerprint density at radius 2 is 0.952 bits per heavy atom. The number of amides is 4. The number of rotatable bonds is 12. The van der Waals surface area contributed by atoms with E-state index in [4.69, 9.17) is 4.42 Å². The number of oxazole rings is 1. The summed E-state index contributed by atoms with van der Waals surface area (Å²) in [4.78, 5) is 67.9. The number of likely N-dealkylation sites (tertiary alicyclic amines) is 4. The van der Waals surface area contributed by atoms with E-state index in [9.17, 15) is 19.2 Å². The van der Waals surface area contributed by atoms with Crippen LogP contribution in [0.25, 0.3) is 22.8 Å². The highest BCUT2D eigenvalue weighted by atomic mass is 16.4. The van der Waals surface area contributed by atoms with E-state index >= 15 is 0 Å². The Hall–Kier alpha value is -6.11. The number of piperidine rings is 2. The standard InChI is InChI=1S/C51H57N7O5/c59-47(42-19-11-31-57(42)50(61)44-17-7-9-29-55(44)34-36-13-3-1-4-14-36)53-40-25-21-38(22-26-40)46-33-52-49(63-46)39-23-27-41(28-24-39)54-48(60)43-20-12-32-58(43)51(62)45-18-8-10-30-56(45)35-37-15-5-2-6-16-37/h1-6,13-16,21-28,33,42-45H,7-12,17-20,29-32,34-35H2,(H,53,59)(H,54,60). The molecule has 0 aliphatic carbocycles. The molecule has 5 heterocycles. The lowest BCUT2D eigenvalue weighted by atomic mass is 9.99. The van der Waals surface area contributed by atoms with Crippen molar-refractivity contribution in [3.05, 3.63) is 127 Å². The van der Waals surface area contributed by atoms with Gasteiger partial charge in [0.15, 0.2) is 5.76 Å². The van der Waals surface area contributed by atoms with E-state index in [2.05, 4.69) is 49.7 Å². The molecule has 1 aromatic heterocycles. The van der Waals surface area contributed by atoms with Crippen LogP contribution in [0.3, 0.4) is 0 Å². The highest BCUT2D eigenvalue weighted by Gasteiger charge is 2.41. The number of aromatic nitrogens is 1. The second-order valence-corrected chi connectivity index (χ2v) is 17.5. The minimum absolute atomic E-state index is 0.0580. The largest absolute Gasteiger partial charge is 0.436 e. The maximum absolute atomic E-state index is 14.0. The van der Waals surface area contributed by atoms with Gasteiger partial charge in [-0.2, -0.15) is 0 Å². The molecule has 326 valence electrons. The molecule has 9 rings (SSSR count). The quantitative estimate of drug-likeness (QED) is 0.129. The van der Waals surface area contributed by atoms with Crippen molar-refractivity contribution < 1.29 is 23.6 Å². The van der Waals surface area contributed by atoms with Gasteiger partial charge in [-0.25, -0.2) is 4.98 Å². The Balaban J connectivity index is 0.781. The minimum Gasteiger partial charge on any atom is -0.436 e. The summed E-state index contributed by atoms with van der Waals surface area (Å²) in [5.41, 5.74) is 5.22. The van der Waals surface area contributed by atoms with Crippen LogP contribution in [-0.2, 0) is 32.3 Å². The molecule has 0 spiro atoms. The van der Waals surface area contributed by atoms with Gasteiger partial charge in [0.05, 0.1) is 18.3 Å². The number of hydrogen-bond donors (Lipinski definition) is 2. The summed E-state index contributed by atoms with van der Waals surface area (Å²) < 4.78 is 6.17. The van der Waals surface area contributed by atoms with E-state index in [1.807, 2.05) is 84.9 Å². The lowest BCUT2D eigenvalue weighted by Crippen LogP contribution is -2.53. The molecule has 4 saturated heterocycles. The lowest BCUT2D eigenvalue weighted by Gasteiger charge is -2.38. The number of carbonyl (C=O) groups excluding carboxylic acids is 4. The third kappa shape index (κ3) is 9.77. The van der Waals surface area contributed by atoms with Crippen molar-refractivity contribution in [3.8, 4) is 22.8 Å². The Bertz CT molecular complexity index is 2190. The molecule has 63 heavy (non-hydrogen) atoms. The number of nitrogens with one attached hydrogen (secondary N) is 2. The first-order valence-electron chi connectivity index (χ1n) is 22.8. The highest BCUT2D eigenvalue weighted by Crippen LogP contribution is 2.31. The topological polar surface area (TPSA) is 131 Å². The van der Waals surface area contributed by atoms with Crippen LogP contribution in [0.4, 0.5) is 11.4 Å². The molecule has 12 nitrogen and oxygen atoms in total. The van der Waals surface area contributed by atoms with Gasteiger partial charge in [-0.05, 0) is 124 Å². The normalized spacial score (nSPS) is 21.9. The van der Waals surface area contributed by atoms with Crippen LogP contribution < -0.4 is 10.6 Å². The summed E-state index contributed by atoms with van der Waals surface area (Å²) in [6.45, 7) is 4.39. The molecule has 12 heteroatoms. The summed E-state index contributed by atoms with van der Waals surface area (Å²) >= 11 is 0. The van der Waals surface area contributed by atoms with Gasteiger partial charge in [-0.3, -0.25) is 29.0 Å². The van der Waals surface area contributed by atoms with Gasteiger partial charge in [0.1, 0.15) is 12.1 Å². The molecule has 4 fully saturated rings. The van der Waals surface area contributed by atoms with Crippen LogP contribution in [-0.4, -0.2) is 98.6 Å². The molecule has 2 N–H and O–H groups in total. The van der Waals surface area contributed by atoms with E-state index < -0.39 is 12.1 Å². The van der Waals surface area contributed by atoms with Crippen molar-refractivity contribution in [1.82, 2.24) is 24.6 Å². The monoisotopic (exact) mass is 847 g/mol. The summed E-state index contributed by atoms with van der Waals surface area (Å²) in [5, 5.41) is 6.11. The average molecular weight is 848 g/mol. The fraction of sp³-hybridized carbons (Fsp3) is 0.392. The van der Waals surface area contributed by atoms with Gasteiger partial charge < -0.3 is 24.9 Å². The Kier molecular flexibility index (Phi) is 13.1. The first-order valence-corrected chi connectivity index (χ1v) is 22.8. The number of benzene rings is 4. The maximum atomic E-state index is 14.0. The van der Waals surface area contributed by atoms with Gasteiger partial charge >= 0.3 is 0 Å². The maximum Gasteiger partial charge on any atom is 0.247 e. The van der Waals surface area contributed by atoms with Crippen LogP contribution in [0.1, 0.15) is 75.3 Å². The van der Waals surface area contributed by atoms with Crippen LogP contribution >= 0.6 is 0 Å². The van der Waals surface area contributed by atoms with Crippen molar-refractivity contribution in [1.29, 1.82) is 0 Å². The smallest absolute Gasteiger partial charge is 0.247 e. The van der Waals surface area contributed by atoms with Gasteiger partial charge in [0.2, 0.25) is 29.5 Å². The molecule has 0 saturated carbocycles. The van der Waals surface area contributed by atoms with E-state index in [0.29, 0.717) is 49.0 Å². The van der Waals surface area contributed by atoms with E-state index in [1.165, 1.54) is 11.1 Å². The van der Waals surface area contributed by atoms with Crippen molar-refractivity contribution >= 4 is 35.0 Å². The SMILES string of the molecule is O=C(Nc1ccc(-c2cnc(-c3ccc(NC(=O)C4CCCN4C(=O)C4CCCCN4Cc4ccccc4)cc3)o2)cc1)C1CCCN1C(=O)C1CCCCN1Cc1ccccc1. The molecule has 0 radical (unpaired) electrons. The van der Waals surface area contributed by atoms with Gasteiger partial charge in [0, 0.05) is 48.7 Å². The van der Waals surface area contributed by atoms with Crippen LogP contribution in [0.5, 0.6) is 0 Å². The van der Waals surface area contributed by atoms with Crippen LogP contribution in [0.2, 0.25) is 0 Å². The molecule has 4 atom stereocenters. The molecule has 5 aromatic rings. The molecular formula is C51H57N7O5. The zero-order valence-corrected chi connectivity index (χ0v) is 35.9. The summed E-state index contributed by atoms with van der Waals surface area (Å²) in [7, 11) is 0. The first-order chi connectivity index (χ1) is 30.9. The predicted octanol–water partition coefficient (Wildman–Crippen LogP) is 7.98. The third-order valence-electron chi connectivity index (χ3n) is 13.3. The molecule has 4 aliphatic heterocycles. The Morgan fingerprint density at radius 1 is 0.508 bits per heavy atom. The second kappa shape index (κ2) is 19.5. The minimum atomic E-state index is -0.503. The van der Waals surface area contributed by atoms with Crippen LogP contribution in [0, 0.1) is 0 Å². The zero-order chi connectivity index (χ0) is 43.1. The van der Waals surface area contributed by atoms with E-state index in [1.54, 1.807) is 16.0 Å². The molecule has 4 unspecified atom stereocenters. The Labute approximate surface area is 369 Å². The number of hydrogen-bond acceptors (Lipinski definition) is 8. The lowest BCUT2D eigenvalue weighted by molar-refractivity contribution is -0.143. The van der Waals surface area contributed by atoms with Crippen molar-refractivity contribution in [2.75, 3.05) is 36.8 Å². The average Bonchev–Trinajstić information content (AvgIpc) is 4.13. The van der Waals surface area contributed by atoms with Crippen molar-refractivity contribution in [2.24, 2.45) is 0 Å². The highest BCUT2D eigenvalue weighted by molar-refractivity contribution is 5.99. The molecule has 4 amide bonds. The summed E-state index contributed by atoms with van der Waals surface area (Å²) in [6.07, 6.45) is 10.3. The number of anilines is 2. The summed E-state index contributed by atoms with van der Waals surface area (Å²) in [5.74, 6) is 0.793. The number of nitrogens with zero attached hydrogens (tertiary/aromatic N) is 5. The summed E-state index contributed by atoms with van der Waals surface area (Å²) in [6, 6.07) is 33.9.